The van der Waals surface area contributed by atoms with E-state index in [1.54, 1.807) is 18.0 Å². The molecule has 0 spiro atoms. The van der Waals surface area contributed by atoms with E-state index in [9.17, 15) is 4.79 Å². The van der Waals surface area contributed by atoms with Crippen LogP contribution >= 0.6 is 0 Å². The third kappa shape index (κ3) is 4.21. The standard InChI is InChI=1S/C14H22N4O/c1-16(2)8-4-5-14(19)17(3)9-12-10-18(11-15-12)13-6-7-13/h4-5,10-11,13H,6-9H2,1-3H3/b5-4+. The number of hydrogen-bond acceptors (Lipinski definition) is 3. The van der Waals surface area contributed by atoms with Crippen LogP contribution in [-0.4, -0.2) is 52.9 Å². The molecule has 1 saturated carbocycles. The molecule has 5 nitrogen and oxygen atoms in total. The molecule has 104 valence electrons. The number of hydrogen-bond donors (Lipinski definition) is 0. The van der Waals surface area contributed by atoms with Crippen LogP contribution in [0.1, 0.15) is 24.6 Å². The Hall–Kier alpha value is -1.62. The first kappa shape index (κ1) is 13.8. The van der Waals surface area contributed by atoms with E-state index in [4.69, 9.17) is 0 Å². The van der Waals surface area contributed by atoms with Gasteiger partial charge in [-0.05, 0) is 26.9 Å². The van der Waals surface area contributed by atoms with Gasteiger partial charge in [-0.15, -0.1) is 0 Å². The molecule has 2 rings (SSSR count). The highest BCUT2D eigenvalue weighted by Gasteiger charge is 2.23. The minimum absolute atomic E-state index is 0.0165. The molecule has 1 heterocycles. The second kappa shape index (κ2) is 6.02. The molecule has 1 aliphatic rings. The third-order valence-corrected chi connectivity index (χ3v) is 3.13. The van der Waals surface area contributed by atoms with Gasteiger partial charge in [0.15, 0.2) is 0 Å². The Balaban J connectivity index is 1.83. The first-order valence-electron chi connectivity index (χ1n) is 6.65. The maximum absolute atomic E-state index is 11.9. The van der Waals surface area contributed by atoms with Gasteiger partial charge in [0.05, 0.1) is 18.6 Å². The molecule has 0 N–H and O–H groups in total. The highest BCUT2D eigenvalue weighted by molar-refractivity contribution is 5.87. The summed E-state index contributed by atoms with van der Waals surface area (Å²) < 4.78 is 2.15. The van der Waals surface area contributed by atoms with E-state index in [2.05, 4.69) is 9.55 Å². The Morgan fingerprint density at radius 3 is 2.84 bits per heavy atom. The first-order chi connectivity index (χ1) is 9.06. The van der Waals surface area contributed by atoms with E-state index < -0.39 is 0 Å². The topological polar surface area (TPSA) is 41.4 Å². The van der Waals surface area contributed by atoms with Crippen molar-refractivity contribution >= 4 is 5.91 Å². The summed E-state index contributed by atoms with van der Waals surface area (Å²) in [6.07, 6.45) is 9.91. The molecule has 0 atom stereocenters. The lowest BCUT2D eigenvalue weighted by Crippen LogP contribution is -2.24. The zero-order chi connectivity index (χ0) is 13.8. The molecular formula is C14H22N4O. The Labute approximate surface area is 114 Å². The molecule has 1 amide bonds. The van der Waals surface area contributed by atoms with Gasteiger partial charge in [0.2, 0.25) is 5.91 Å². The summed E-state index contributed by atoms with van der Waals surface area (Å²) >= 11 is 0. The molecule has 1 aromatic heterocycles. The predicted octanol–water partition coefficient (Wildman–Crippen LogP) is 1.29. The van der Waals surface area contributed by atoms with E-state index in [0.717, 1.165) is 12.2 Å². The molecule has 0 aromatic carbocycles. The second-order valence-electron chi connectivity index (χ2n) is 5.40. The molecule has 1 aromatic rings. The van der Waals surface area contributed by atoms with Gasteiger partial charge in [-0.1, -0.05) is 6.08 Å². The lowest BCUT2D eigenvalue weighted by atomic mass is 10.4. The zero-order valence-electron chi connectivity index (χ0n) is 11.9. The molecule has 0 unspecified atom stereocenters. The van der Waals surface area contributed by atoms with Crippen LogP contribution < -0.4 is 0 Å². The summed E-state index contributed by atoms with van der Waals surface area (Å²) in [5.74, 6) is 0.0165. The SMILES string of the molecule is CN(C)C/C=C/C(=O)N(C)Cc1cn(C2CC2)cn1. The molecular weight excluding hydrogens is 240 g/mol. The number of amides is 1. The van der Waals surface area contributed by atoms with E-state index in [-0.39, 0.29) is 5.91 Å². The van der Waals surface area contributed by atoms with Crippen LogP contribution in [0.4, 0.5) is 0 Å². The molecule has 5 heteroatoms. The number of carbonyl (C=O) groups excluding carboxylic acids is 1. The van der Waals surface area contributed by atoms with Gasteiger partial charge >= 0.3 is 0 Å². The minimum atomic E-state index is 0.0165. The van der Waals surface area contributed by atoms with E-state index >= 15 is 0 Å². The first-order valence-corrected chi connectivity index (χ1v) is 6.65. The number of carbonyl (C=O) groups is 1. The number of nitrogens with zero attached hydrogens (tertiary/aromatic N) is 4. The maximum Gasteiger partial charge on any atom is 0.246 e. The summed E-state index contributed by atoms with van der Waals surface area (Å²) in [4.78, 5) is 19.9. The monoisotopic (exact) mass is 262 g/mol. The average Bonchev–Trinajstić information content (AvgIpc) is 3.10. The lowest BCUT2D eigenvalue weighted by Gasteiger charge is -2.13. The highest BCUT2D eigenvalue weighted by atomic mass is 16.2. The zero-order valence-corrected chi connectivity index (χ0v) is 11.9. The largest absolute Gasteiger partial charge is 0.336 e. The van der Waals surface area contributed by atoms with Crippen LogP contribution in [0.25, 0.3) is 0 Å². The second-order valence-corrected chi connectivity index (χ2v) is 5.40. The molecule has 0 aliphatic heterocycles. The van der Waals surface area contributed by atoms with Crippen LogP contribution in [0.3, 0.4) is 0 Å². The van der Waals surface area contributed by atoms with Gasteiger partial charge in [0.25, 0.3) is 0 Å². The van der Waals surface area contributed by atoms with Crippen LogP contribution in [0.15, 0.2) is 24.7 Å². The summed E-state index contributed by atoms with van der Waals surface area (Å²) in [7, 11) is 5.75. The summed E-state index contributed by atoms with van der Waals surface area (Å²) in [6.45, 7) is 1.33. The fourth-order valence-corrected chi connectivity index (χ4v) is 1.85. The Kier molecular flexibility index (Phi) is 4.37. The van der Waals surface area contributed by atoms with Gasteiger partial charge < -0.3 is 14.4 Å². The Morgan fingerprint density at radius 1 is 1.47 bits per heavy atom. The fourth-order valence-electron chi connectivity index (χ4n) is 1.85. The summed E-state index contributed by atoms with van der Waals surface area (Å²) in [5.41, 5.74) is 0.948. The van der Waals surface area contributed by atoms with Crippen molar-refractivity contribution in [2.45, 2.75) is 25.4 Å². The Bertz CT molecular complexity index is 460. The van der Waals surface area contributed by atoms with E-state index in [0.29, 0.717) is 12.6 Å². The number of imidazole rings is 1. The molecule has 0 radical (unpaired) electrons. The van der Waals surface area contributed by atoms with Crippen molar-refractivity contribution in [1.82, 2.24) is 19.4 Å². The van der Waals surface area contributed by atoms with Crippen molar-refractivity contribution in [3.05, 3.63) is 30.4 Å². The number of rotatable bonds is 6. The van der Waals surface area contributed by atoms with Crippen molar-refractivity contribution in [2.24, 2.45) is 0 Å². The molecule has 19 heavy (non-hydrogen) atoms. The van der Waals surface area contributed by atoms with Gasteiger partial charge in [-0.25, -0.2) is 4.98 Å². The average molecular weight is 262 g/mol. The van der Waals surface area contributed by atoms with Gasteiger partial charge in [0.1, 0.15) is 0 Å². The fraction of sp³-hybridized carbons (Fsp3) is 0.571. The summed E-state index contributed by atoms with van der Waals surface area (Å²) in [6, 6.07) is 0.641. The van der Waals surface area contributed by atoms with Crippen molar-refractivity contribution in [2.75, 3.05) is 27.7 Å². The predicted molar refractivity (Wildman–Crippen MR) is 74.7 cm³/mol. The quantitative estimate of drug-likeness (QED) is 0.726. The smallest absolute Gasteiger partial charge is 0.246 e. The minimum Gasteiger partial charge on any atom is -0.336 e. The Morgan fingerprint density at radius 2 is 2.21 bits per heavy atom. The van der Waals surface area contributed by atoms with Gasteiger partial charge in [-0.2, -0.15) is 0 Å². The van der Waals surface area contributed by atoms with Crippen LogP contribution in [0.2, 0.25) is 0 Å². The van der Waals surface area contributed by atoms with Crippen LogP contribution in [0.5, 0.6) is 0 Å². The molecule has 1 fully saturated rings. The van der Waals surface area contributed by atoms with Gasteiger partial charge in [-0.3, -0.25) is 4.79 Å². The molecule has 0 bridgehead atoms. The highest BCUT2D eigenvalue weighted by Crippen LogP contribution is 2.34. The summed E-state index contributed by atoms with van der Waals surface area (Å²) in [5, 5.41) is 0. The number of aromatic nitrogens is 2. The van der Waals surface area contributed by atoms with Gasteiger partial charge in [0, 0.05) is 31.9 Å². The van der Waals surface area contributed by atoms with E-state index in [1.807, 2.05) is 37.6 Å². The van der Waals surface area contributed by atoms with E-state index in [1.165, 1.54) is 12.8 Å². The molecule has 1 aliphatic carbocycles. The van der Waals surface area contributed by atoms with Crippen molar-refractivity contribution < 1.29 is 4.79 Å². The lowest BCUT2D eigenvalue weighted by molar-refractivity contribution is -0.125. The van der Waals surface area contributed by atoms with Crippen molar-refractivity contribution in [3.8, 4) is 0 Å². The van der Waals surface area contributed by atoms with Crippen molar-refractivity contribution in [1.29, 1.82) is 0 Å². The van der Waals surface area contributed by atoms with Crippen molar-refractivity contribution in [3.63, 3.8) is 0 Å². The normalized spacial score (nSPS) is 15.4. The van der Waals surface area contributed by atoms with Crippen LogP contribution in [-0.2, 0) is 11.3 Å². The number of likely N-dealkylation sites (N-methyl/N-ethyl adjacent to an activating group) is 2. The maximum atomic E-state index is 11.9. The molecule has 0 saturated heterocycles. The third-order valence-electron chi connectivity index (χ3n) is 3.13. The van der Waals surface area contributed by atoms with Crippen LogP contribution in [0, 0.1) is 0 Å².